The van der Waals surface area contributed by atoms with Crippen LogP contribution in [0.1, 0.15) is 25.0 Å². The Balaban J connectivity index is 1.79. The maximum absolute atomic E-state index is 11.8. The number of rotatable bonds is 5. The van der Waals surface area contributed by atoms with Gasteiger partial charge in [-0.25, -0.2) is 4.68 Å². The van der Waals surface area contributed by atoms with E-state index in [-0.39, 0.29) is 5.78 Å². The molecule has 0 bridgehead atoms. The molecule has 6 heteroatoms. The van der Waals surface area contributed by atoms with Crippen LogP contribution >= 0.6 is 0 Å². The Morgan fingerprint density at radius 2 is 2.29 bits per heavy atom. The van der Waals surface area contributed by atoms with Crippen LogP contribution in [-0.2, 0) is 22.6 Å². The van der Waals surface area contributed by atoms with Gasteiger partial charge < -0.3 is 10.5 Å². The number of hydrogen-bond acceptors (Lipinski definition) is 5. The van der Waals surface area contributed by atoms with E-state index in [1.165, 1.54) is 0 Å². The Kier molecular flexibility index (Phi) is 4.22. The first-order valence-electron chi connectivity index (χ1n) is 5.96. The molecular formula is C11H18N4O2. The van der Waals surface area contributed by atoms with Crippen LogP contribution in [0.4, 0.5) is 0 Å². The molecule has 2 heterocycles. The summed E-state index contributed by atoms with van der Waals surface area (Å²) in [5.74, 6) is 0.666. The highest BCUT2D eigenvalue weighted by Gasteiger charge is 2.17. The van der Waals surface area contributed by atoms with E-state index < -0.39 is 0 Å². The van der Waals surface area contributed by atoms with E-state index in [9.17, 15) is 4.79 Å². The molecule has 1 aliphatic rings. The summed E-state index contributed by atoms with van der Waals surface area (Å²) in [7, 11) is 0. The highest BCUT2D eigenvalue weighted by Crippen LogP contribution is 2.18. The van der Waals surface area contributed by atoms with Gasteiger partial charge in [-0.3, -0.25) is 4.79 Å². The minimum atomic E-state index is 0.199. The average Bonchev–Trinajstić information content (AvgIpc) is 2.78. The van der Waals surface area contributed by atoms with Crippen molar-refractivity contribution in [2.75, 3.05) is 13.2 Å². The van der Waals surface area contributed by atoms with E-state index in [0.29, 0.717) is 31.1 Å². The Morgan fingerprint density at radius 3 is 2.94 bits per heavy atom. The summed E-state index contributed by atoms with van der Waals surface area (Å²) >= 11 is 0. The highest BCUT2D eigenvalue weighted by atomic mass is 16.5. The summed E-state index contributed by atoms with van der Waals surface area (Å²) in [6.45, 7) is 2.20. The second kappa shape index (κ2) is 5.88. The van der Waals surface area contributed by atoms with Crippen LogP contribution in [0, 0.1) is 5.92 Å². The molecule has 0 unspecified atom stereocenters. The van der Waals surface area contributed by atoms with Crippen molar-refractivity contribution in [3.8, 4) is 0 Å². The molecule has 0 radical (unpaired) electrons. The van der Waals surface area contributed by atoms with Gasteiger partial charge in [0.1, 0.15) is 6.54 Å². The van der Waals surface area contributed by atoms with Crippen molar-refractivity contribution in [1.82, 2.24) is 15.0 Å². The lowest BCUT2D eigenvalue weighted by atomic mass is 9.94. The molecule has 0 aromatic carbocycles. The first-order valence-corrected chi connectivity index (χ1v) is 5.96. The summed E-state index contributed by atoms with van der Waals surface area (Å²) < 4.78 is 6.82. The molecule has 17 heavy (non-hydrogen) atoms. The van der Waals surface area contributed by atoms with Crippen LogP contribution in [0.25, 0.3) is 0 Å². The molecule has 0 saturated carbocycles. The number of Topliss-reactive ketones (excluding diaryl/α,β-unsaturated/α-hetero) is 1. The van der Waals surface area contributed by atoms with Crippen molar-refractivity contribution in [3.05, 3.63) is 11.9 Å². The largest absolute Gasteiger partial charge is 0.381 e. The van der Waals surface area contributed by atoms with Gasteiger partial charge in [-0.15, -0.1) is 5.10 Å². The number of nitrogens with zero attached hydrogens (tertiary/aromatic N) is 3. The predicted molar refractivity (Wildman–Crippen MR) is 61.1 cm³/mol. The van der Waals surface area contributed by atoms with Crippen molar-refractivity contribution in [2.45, 2.75) is 32.4 Å². The molecule has 6 nitrogen and oxygen atoms in total. The van der Waals surface area contributed by atoms with Gasteiger partial charge in [0.05, 0.1) is 11.9 Å². The van der Waals surface area contributed by atoms with Gasteiger partial charge in [0, 0.05) is 26.2 Å². The van der Waals surface area contributed by atoms with Crippen molar-refractivity contribution in [2.24, 2.45) is 11.7 Å². The fourth-order valence-corrected chi connectivity index (χ4v) is 2.03. The number of aromatic nitrogens is 3. The molecule has 0 aliphatic carbocycles. The molecule has 0 amide bonds. The lowest BCUT2D eigenvalue weighted by Gasteiger charge is -2.21. The van der Waals surface area contributed by atoms with Gasteiger partial charge in [0.2, 0.25) is 0 Å². The van der Waals surface area contributed by atoms with Gasteiger partial charge in [0.25, 0.3) is 0 Å². The molecule has 2 rings (SSSR count). The molecule has 1 aliphatic heterocycles. The Hall–Kier alpha value is -1.27. The summed E-state index contributed by atoms with van der Waals surface area (Å²) in [5.41, 5.74) is 6.14. The molecule has 1 fully saturated rings. The highest BCUT2D eigenvalue weighted by molar-refractivity contribution is 5.78. The van der Waals surface area contributed by atoms with Crippen molar-refractivity contribution in [3.63, 3.8) is 0 Å². The smallest absolute Gasteiger partial charge is 0.154 e. The first-order chi connectivity index (χ1) is 8.28. The minimum Gasteiger partial charge on any atom is -0.381 e. The summed E-state index contributed by atoms with van der Waals surface area (Å²) in [4.78, 5) is 11.8. The number of ketones is 1. The quantitative estimate of drug-likeness (QED) is 0.788. The van der Waals surface area contributed by atoms with Crippen LogP contribution < -0.4 is 5.73 Å². The van der Waals surface area contributed by atoms with E-state index in [0.717, 1.165) is 26.1 Å². The zero-order valence-electron chi connectivity index (χ0n) is 9.84. The molecular weight excluding hydrogens is 220 g/mol. The standard InChI is InChI=1S/C11H18N4O2/c12-6-10-7-15(14-13-10)8-11(16)5-9-1-3-17-4-2-9/h7,9H,1-6,8,12H2. The maximum atomic E-state index is 11.8. The van der Waals surface area contributed by atoms with Crippen LogP contribution in [0.2, 0.25) is 0 Å². The molecule has 1 aromatic rings. The van der Waals surface area contributed by atoms with Crippen LogP contribution in [0.5, 0.6) is 0 Å². The van der Waals surface area contributed by atoms with Crippen LogP contribution in [-0.4, -0.2) is 34.0 Å². The zero-order valence-corrected chi connectivity index (χ0v) is 9.84. The Morgan fingerprint density at radius 1 is 1.53 bits per heavy atom. The summed E-state index contributed by atoms with van der Waals surface area (Å²) in [5, 5.41) is 7.71. The number of nitrogens with two attached hydrogens (primary N) is 1. The second-order valence-corrected chi connectivity index (χ2v) is 4.41. The molecule has 0 atom stereocenters. The van der Waals surface area contributed by atoms with Crippen molar-refractivity contribution in [1.29, 1.82) is 0 Å². The first kappa shape index (κ1) is 12.2. The van der Waals surface area contributed by atoms with Gasteiger partial charge in [0.15, 0.2) is 5.78 Å². The van der Waals surface area contributed by atoms with E-state index in [2.05, 4.69) is 10.3 Å². The second-order valence-electron chi connectivity index (χ2n) is 4.41. The van der Waals surface area contributed by atoms with Crippen LogP contribution in [0.15, 0.2) is 6.20 Å². The lowest BCUT2D eigenvalue weighted by Crippen LogP contribution is -2.21. The van der Waals surface area contributed by atoms with Crippen LogP contribution in [0.3, 0.4) is 0 Å². The number of ether oxygens (including phenoxy) is 1. The van der Waals surface area contributed by atoms with Gasteiger partial charge in [-0.05, 0) is 18.8 Å². The van der Waals surface area contributed by atoms with Crippen molar-refractivity contribution >= 4 is 5.78 Å². The number of carbonyl (C=O) groups excluding carboxylic acids is 1. The molecule has 2 N–H and O–H groups in total. The SMILES string of the molecule is NCc1cn(CC(=O)CC2CCOCC2)nn1. The van der Waals surface area contributed by atoms with Crippen molar-refractivity contribution < 1.29 is 9.53 Å². The topological polar surface area (TPSA) is 83.0 Å². The third kappa shape index (κ3) is 3.61. The fourth-order valence-electron chi connectivity index (χ4n) is 2.03. The summed E-state index contributed by atoms with van der Waals surface area (Å²) in [6.07, 6.45) is 4.30. The van der Waals surface area contributed by atoms with Gasteiger partial charge >= 0.3 is 0 Å². The third-order valence-corrected chi connectivity index (χ3v) is 2.99. The zero-order chi connectivity index (χ0) is 12.1. The average molecular weight is 238 g/mol. The fraction of sp³-hybridized carbons (Fsp3) is 0.727. The monoisotopic (exact) mass is 238 g/mol. The Bertz CT molecular complexity index is 371. The normalized spacial score (nSPS) is 17.2. The number of carbonyl (C=O) groups is 1. The van der Waals surface area contributed by atoms with E-state index >= 15 is 0 Å². The Labute approximate surface area is 100 Å². The maximum Gasteiger partial charge on any atom is 0.154 e. The number of hydrogen-bond donors (Lipinski definition) is 1. The van der Waals surface area contributed by atoms with Gasteiger partial charge in [-0.2, -0.15) is 0 Å². The predicted octanol–water partition coefficient (Wildman–Crippen LogP) is 0.123. The molecule has 1 saturated heterocycles. The van der Waals surface area contributed by atoms with Gasteiger partial charge in [-0.1, -0.05) is 5.21 Å². The molecule has 94 valence electrons. The van der Waals surface area contributed by atoms with E-state index in [4.69, 9.17) is 10.5 Å². The minimum absolute atomic E-state index is 0.199. The third-order valence-electron chi connectivity index (χ3n) is 2.99. The van der Waals surface area contributed by atoms with E-state index in [1.807, 2.05) is 0 Å². The lowest BCUT2D eigenvalue weighted by molar-refractivity contribution is -0.121. The molecule has 0 spiro atoms. The molecule has 1 aromatic heterocycles. The summed E-state index contributed by atoms with van der Waals surface area (Å²) in [6, 6.07) is 0. The van der Waals surface area contributed by atoms with E-state index in [1.54, 1.807) is 10.9 Å².